The first-order valence-electron chi connectivity index (χ1n) is 14.2. The van der Waals surface area contributed by atoms with Crippen LogP contribution in [-0.4, -0.2) is 58.6 Å². The van der Waals surface area contributed by atoms with Crippen molar-refractivity contribution >= 4 is 5.69 Å². The molecule has 3 aromatic carbocycles. The summed E-state index contributed by atoms with van der Waals surface area (Å²) in [5, 5.41) is 6.79. The van der Waals surface area contributed by atoms with E-state index in [0.29, 0.717) is 26.3 Å². The number of nitroso groups, excluding NO2 is 1. The molecule has 0 unspecified atom stereocenters. The fraction of sp³-hybridized carbons (Fsp3) is 0.438. The molecule has 0 amide bonds. The van der Waals surface area contributed by atoms with E-state index < -0.39 is 6.04 Å². The standard InChI is InChI=1S/C32H39N3O5/c1-3-23-5-10-26(11-6-23)40-27-12-8-25(9-13-27)32-28(34-36)20-33-21-31(32)39-22-24-7-14-30-29(19-24)35(16-18-38-30)15-4-17-37-2/h5-14,19,28,31-33H,3-4,15-18,20-22H2,1-2H3/t28-,31+,32+/m1/s1. The molecule has 8 nitrogen and oxygen atoms in total. The fourth-order valence-corrected chi connectivity index (χ4v) is 5.51. The van der Waals surface area contributed by atoms with Crippen LogP contribution in [0.4, 0.5) is 5.69 Å². The van der Waals surface area contributed by atoms with Gasteiger partial charge in [0.1, 0.15) is 29.9 Å². The van der Waals surface area contributed by atoms with Crippen molar-refractivity contribution in [3.8, 4) is 17.2 Å². The zero-order chi connectivity index (χ0) is 27.7. The summed E-state index contributed by atoms with van der Waals surface area (Å²) in [5.74, 6) is 2.30. The van der Waals surface area contributed by atoms with E-state index in [1.807, 2.05) is 42.5 Å². The van der Waals surface area contributed by atoms with Gasteiger partial charge in [0, 0.05) is 39.3 Å². The molecule has 0 saturated carbocycles. The maximum Gasteiger partial charge on any atom is 0.142 e. The Morgan fingerprint density at radius 3 is 2.48 bits per heavy atom. The molecule has 5 rings (SSSR count). The van der Waals surface area contributed by atoms with E-state index >= 15 is 0 Å². The molecule has 3 aromatic rings. The summed E-state index contributed by atoms with van der Waals surface area (Å²) < 4.78 is 23.6. The molecule has 2 aliphatic rings. The number of hydrogen-bond acceptors (Lipinski definition) is 8. The van der Waals surface area contributed by atoms with Gasteiger partial charge in [-0.25, -0.2) is 0 Å². The van der Waals surface area contributed by atoms with Gasteiger partial charge in [0.25, 0.3) is 0 Å². The first-order chi connectivity index (χ1) is 19.7. The van der Waals surface area contributed by atoms with E-state index in [1.165, 1.54) is 5.56 Å². The van der Waals surface area contributed by atoms with Crippen molar-refractivity contribution in [1.82, 2.24) is 5.32 Å². The van der Waals surface area contributed by atoms with Crippen LogP contribution in [0.25, 0.3) is 0 Å². The zero-order valence-corrected chi connectivity index (χ0v) is 23.4. The topological polar surface area (TPSA) is 81.6 Å². The highest BCUT2D eigenvalue weighted by Crippen LogP contribution is 2.35. The third kappa shape index (κ3) is 6.81. The number of benzene rings is 3. The van der Waals surface area contributed by atoms with Crippen molar-refractivity contribution in [3.63, 3.8) is 0 Å². The van der Waals surface area contributed by atoms with Crippen LogP contribution >= 0.6 is 0 Å². The fourth-order valence-electron chi connectivity index (χ4n) is 5.51. The van der Waals surface area contributed by atoms with Crippen molar-refractivity contribution in [1.29, 1.82) is 0 Å². The summed E-state index contributed by atoms with van der Waals surface area (Å²) in [6.07, 6.45) is 1.75. The quantitative estimate of drug-likeness (QED) is 0.232. The van der Waals surface area contributed by atoms with Crippen LogP contribution in [0.2, 0.25) is 0 Å². The smallest absolute Gasteiger partial charge is 0.142 e. The number of anilines is 1. The molecule has 0 radical (unpaired) electrons. The van der Waals surface area contributed by atoms with Gasteiger partial charge in [-0.3, -0.25) is 0 Å². The van der Waals surface area contributed by atoms with Crippen molar-refractivity contribution in [2.45, 2.75) is 44.4 Å². The Balaban J connectivity index is 1.27. The second kappa shape index (κ2) is 13.7. The maximum absolute atomic E-state index is 11.8. The van der Waals surface area contributed by atoms with E-state index in [9.17, 15) is 4.91 Å². The monoisotopic (exact) mass is 545 g/mol. The molecule has 2 heterocycles. The normalized spacial score (nSPS) is 20.4. The summed E-state index contributed by atoms with van der Waals surface area (Å²) in [4.78, 5) is 14.2. The van der Waals surface area contributed by atoms with Gasteiger partial charge in [0.15, 0.2) is 0 Å². The van der Waals surface area contributed by atoms with Crippen molar-refractivity contribution < 1.29 is 18.9 Å². The van der Waals surface area contributed by atoms with Gasteiger partial charge >= 0.3 is 0 Å². The predicted molar refractivity (Wildman–Crippen MR) is 157 cm³/mol. The van der Waals surface area contributed by atoms with Crippen molar-refractivity contribution in [2.24, 2.45) is 5.18 Å². The van der Waals surface area contributed by atoms with E-state index in [4.69, 9.17) is 18.9 Å². The lowest BCUT2D eigenvalue weighted by Crippen LogP contribution is -2.48. The van der Waals surface area contributed by atoms with Gasteiger partial charge in [-0.05, 0) is 65.9 Å². The molecular formula is C32H39N3O5. The minimum atomic E-state index is -0.416. The van der Waals surface area contributed by atoms with Crippen LogP contribution in [0.5, 0.6) is 17.2 Å². The molecule has 1 N–H and O–H groups in total. The molecule has 0 spiro atoms. The molecule has 212 valence electrons. The van der Waals surface area contributed by atoms with E-state index in [1.54, 1.807) is 7.11 Å². The number of rotatable bonds is 12. The summed E-state index contributed by atoms with van der Waals surface area (Å²) >= 11 is 0. The molecule has 40 heavy (non-hydrogen) atoms. The zero-order valence-electron chi connectivity index (χ0n) is 23.4. The first-order valence-corrected chi connectivity index (χ1v) is 14.2. The number of nitrogens with one attached hydrogen (secondary N) is 1. The van der Waals surface area contributed by atoms with Gasteiger partial charge in [-0.1, -0.05) is 42.4 Å². The number of fused-ring (bicyclic) bond motifs is 1. The second-order valence-corrected chi connectivity index (χ2v) is 10.4. The Bertz CT molecular complexity index is 1230. The van der Waals surface area contributed by atoms with Crippen molar-refractivity contribution in [3.05, 3.63) is 88.3 Å². The maximum atomic E-state index is 11.8. The Kier molecular flexibility index (Phi) is 9.65. The Morgan fingerprint density at radius 1 is 1.00 bits per heavy atom. The Hall–Kier alpha value is -3.46. The van der Waals surface area contributed by atoms with Crippen LogP contribution < -0.4 is 19.7 Å². The van der Waals surface area contributed by atoms with Gasteiger partial charge in [-0.2, -0.15) is 4.91 Å². The van der Waals surface area contributed by atoms with Crippen LogP contribution in [0.1, 0.15) is 36.0 Å². The van der Waals surface area contributed by atoms with Gasteiger partial charge in [0.2, 0.25) is 0 Å². The van der Waals surface area contributed by atoms with Gasteiger partial charge in [0.05, 0.1) is 24.9 Å². The lowest BCUT2D eigenvalue weighted by atomic mass is 9.84. The second-order valence-electron chi connectivity index (χ2n) is 10.4. The highest BCUT2D eigenvalue weighted by molar-refractivity contribution is 5.61. The lowest BCUT2D eigenvalue weighted by Gasteiger charge is -2.36. The molecule has 0 bridgehead atoms. The largest absolute Gasteiger partial charge is 0.490 e. The average molecular weight is 546 g/mol. The molecule has 1 saturated heterocycles. The van der Waals surface area contributed by atoms with E-state index in [0.717, 1.165) is 66.6 Å². The van der Waals surface area contributed by atoms with Gasteiger partial charge < -0.3 is 29.2 Å². The molecule has 2 aliphatic heterocycles. The van der Waals surface area contributed by atoms with Crippen molar-refractivity contribution in [2.75, 3.05) is 51.4 Å². The summed E-state index contributed by atoms with van der Waals surface area (Å²) in [6.45, 7) is 6.93. The Morgan fingerprint density at radius 2 is 1.75 bits per heavy atom. The van der Waals surface area contributed by atoms with Crippen LogP contribution in [0.15, 0.2) is 71.9 Å². The van der Waals surface area contributed by atoms with Gasteiger partial charge in [-0.15, -0.1) is 0 Å². The number of piperidine rings is 1. The number of aryl methyl sites for hydroxylation is 1. The molecular weight excluding hydrogens is 506 g/mol. The predicted octanol–water partition coefficient (Wildman–Crippen LogP) is 5.68. The average Bonchev–Trinajstić information content (AvgIpc) is 3.01. The molecule has 0 aliphatic carbocycles. The summed E-state index contributed by atoms with van der Waals surface area (Å²) in [6, 6.07) is 21.9. The summed E-state index contributed by atoms with van der Waals surface area (Å²) in [5.41, 5.74) is 4.45. The molecule has 0 aromatic heterocycles. The van der Waals surface area contributed by atoms with E-state index in [-0.39, 0.29) is 12.0 Å². The minimum Gasteiger partial charge on any atom is -0.490 e. The third-order valence-electron chi connectivity index (χ3n) is 7.71. The number of nitrogens with zero attached hydrogens (tertiary/aromatic N) is 2. The lowest BCUT2D eigenvalue weighted by molar-refractivity contribution is 0.00539. The van der Waals surface area contributed by atoms with Crippen LogP contribution in [0, 0.1) is 4.91 Å². The Labute approximate surface area is 236 Å². The van der Waals surface area contributed by atoms with Crippen LogP contribution in [0.3, 0.4) is 0 Å². The number of methoxy groups -OCH3 is 1. The SMILES string of the molecule is CCc1ccc(Oc2ccc([C@@H]3[C@@H](OCc4ccc5c(c4)N(CCCOC)CCO5)CNC[C@H]3N=O)cc2)cc1. The third-order valence-corrected chi connectivity index (χ3v) is 7.71. The molecule has 8 heteroatoms. The highest BCUT2D eigenvalue weighted by atomic mass is 16.5. The highest BCUT2D eigenvalue weighted by Gasteiger charge is 2.36. The van der Waals surface area contributed by atoms with E-state index in [2.05, 4.69) is 46.6 Å². The number of ether oxygens (including phenoxy) is 4. The van der Waals surface area contributed by atoms with Crippen LogP contribution in [-0.2, 0) is 22.5 Å². The molecule has 3 atom stereocenters. The summed E-state index contributed by atoms with van der Waals surface area (Å²) in [7, 11) is 1.73. The minimum absolute atomic E-state index is 0.150. The first kappa shape index (κ1) is 28.1. The number of hydrogen-bond donors (Lipinski definition) is 1. The molecule has 1 fully saturated rings.